The Hall–Kier alpha value is -2.05. The Bertz CT molecular complexity index is 716. The molecule has 4 nitrogen and oxygen atoms in total. The molecule has 1 aromatic carbocycles. The van der Waals surface area contributed by atoms with Gasteiger partial charge in [-0.3, -0.25) is 4.98 Å². The number of hydrogen-bond acceptors (Lipinski definition) is 4. The molecule has 2 heterocycles. The molecule has 106 valence electrons. The fourth-order valence-electron chi connectivity index (χ4n) is 1.75. The van der Waals surface area contributed by atoms with Crippen molar-refractivity contribution in [1.82, 2.24) is 15.1 Å². The molecule has 0 aliphatic heterocycles. The molecule has 0 saturated carbocycles. The molecule has 0 unspecified atom stereocenters. The molecule has 0 spiro atoms. The average molecular weight is 328 g/mol. The fourth-order valence-corrected chi connectivity index (χ4v) is 2.29. The second-order valence-corrected chi connectivity index (χ2v) is 4.81. The molecule has 0 radical (unpaired) electrons. The lowest BCUT2D eigenvalue weighted by atomic mass is 10.2. The first kappa shape index (κ1) is 13.9. The third-order valence-corrected chi connectivity index (χ3v) is 3.25. The predicted octanol–water partition coefficient (Wildman–Crippen LogP) is 4.38. The van der Waals surface area contributed by atoms with Gasteiger partial charge in [-0.2, -0.15) is 4.98 Å². The second kappa shape index (κ2) is 5.38. The van der Waals surface area contributed by atoms with Crippen molar-refractivity contribution in [2.24, 2.45) is 0 Å². The molecule has 0 aliphatic rings. The normalized spacial score (nSPS) is 10.9. The molecule has 0 fully saturated rings. The summed E-state index contributed by atoms with van der Waals surface area (Å²) in [6.45, 7) is 0. The molecule has 0 N–H and O–H groups in total. The minimum Gasteiger partial charge on any atom is -0.333 e. The number of pyridine rings is 1. The summed E-state index contributed by atoms with van der Waals surface area (Å²) in [5, 5.41) is 4.05. The van der Waals surface area contributed by atoms with Gasteiger partial charge in [-0.25, -0.2) is 8.78 Å². The Morgan fingerprint density at radius 3 is 2.19 bits per heavy atom. The zero-order chi connectivity index (χ0) is 15.0. The number of aromatic nitrogens is 3. The Labute approximate surface area is 127 Å². The van der Waals surface area contributed by atoms with Gasteiger partial charge in [0, 0.05) is 12.4 Å². The molecular weight excluding hydrogens is 323 g/mol. The quantitative estimate of drug-likeness (QED) is 0.700. The van der Waals surface area contributed by atoms with Gasteiger partial charge in [0.1, 0.15) is 17.2 Å². The lowest BCUT2D eigenvalue weighted by Gasteiger charge is -2.00. The van der Waals surface area contributed by atoms with Crippen LogP contribution in [0.25, 0.3) is 22.8 Å². The fraction of sp³-hybridized carbons (Fsp3) is 0. The van der Waals surface area contributed by atoms with Gasteiger partial charge in [0.25, 0.3) is 5.89 Å². The number of hydrogen-bond donors (Lipinski definition) is 0. The largest absolute Gasteiger partial charge is 0.333 e. The van der Waals surface area contributed by atoms with Gasteiger partial charge >= 0.3 is 0 Å². The molecule has 0 aliphatic carbocycles. The summed E-state index contributed by atoms with van der Waals surface area (Å²) >= 11 is 11.9. The van der Waals surface area contributed by atoms with E-state index in [4.69, 9.17) is 27.7 Å². The maximum absolute atomic E-state index is 13.7. The minimum absolute atomic E-state index is 0.0186. The van der Waals surface area contributed by atoms with Crippen LogP contribution in [0.1, 0.15) is 0 Å². The summed E-state index contributed by atoms with van der Waals surface area (Å²) < 4.78 is 32.3. The predicted molar refractivity (Wildman–Crippen MR) is 72.9 cm³/mol. The van der Waals surface area contributed by atoms with Crippen LogP contribution < -0.4 is 0 Å². The Morgan fingerprint density at radius 2 is 1.57 bits per heavy atom. The minimum atomic E-state index is -0.808. The number of halogens is 4. The highest BCUT2D eigenvalue weighted by molar-refractivity contribution is 6.38. The van der Waals surface area contributed by atoms with E-state index in [1.54, 1.807) is 0 Å². The van der Waals surface area contributed by atoms with Crippen molar-refractivity contribution in [2.45, 2.75) is 0 Å². The van der Waals surface area contributed by atoms with Crippen molar-refractivity contribution < 1.29 is 13.3 Å². The van der Waals surface area contributed by atoms with Crippen LogP contribution in [0.4, 0.5) is 8.78 Å². The van der Waals surface area contributed by atoms with Gasteiger partial charge in [-0.1, -0.05) is 34.4 Å². The summed E-state index contributed by atoms with van der Waals surface area (Å²) in [6.07, 6.45) is 2.70. The van der Waals surface area contributed by atoms with E-state index >= 15 is 0 Å². The van der Waals surface area contributed by atoms with E-state index in [9.17, 15) is 8.78 Å². The summed E-state index contributed by atoms with van der Waals surface area (Å²) in [4.78, 5) is 7.73. The van der Waals surface area contributed by atoms with Gasteiger partial charge in [0.15, 0.2) is 0 Å². The van der Waals surface area contributed by atoms with Crippen LogP contribution in [0.3, 0.4) is 0 Å². The molecule has 2 aromatic heterocycles. The van der Waals surface area contributed by atoms with Crippen molar-refractivity contribution >= 4 is 23.2 Å². The zero-order valence-electron chi connectivity index (χ0n) is 10.1. The third-order valence-electron chi connectivity index (χ3n) is 2.68. The van der Waals surface area contributed by atoms with E-state index in [1.165, 1.54) is 18.5 Å². The number of nitrogens with zero attached hydrogens (tertiary/aromatic N) is 3. The molecule has 0 saturated heterocycles. The van der Waals surface area contributed by atoms with Crippen LogP contribution in [0.5, 0.6) is 0 Å². The molecule has 0 atom stereocenters. The summed E-state index contributed by atoms with van der Waals surface area (Å²) in [5.74, 6) is -1.90. The highest BCUT2D eigenvalue weighted by atomic mass is 35.5. The molecule has 0 amide bonds. The van der Waals surface area contributed by atoms with Crippen LogP contribution in [-0.2, 0) is 0 Å². The van der Waals surface area contributed by atoms with Crippen LogP contribution in [-0.4, -0.2) is 15.1 Å². The number of benzene rings is 1. The van der Waals surface area contributed by atoms with Crippen molar-refractivity contribution in [2.75, 3.05) is 0 Å². The Kier molecular flexibility index (Phi) is 3.57. The first-order chi connectivity index (χ1) is 10.1. The number of rotatable bonds is 2. The van der Waals surface area contributed by atoms with Crippen molar-refractivity contribution in [3.63, 3.8) is 0 Å². The van der Waals surface area contributed by atoms with Crippen LogP contribution in [0.15, 0.2) is 35.1 Å². The topological polar surface area (TPSA) is 51.8 Å². The van der Waals surface area contributed by atoms with Crippen LogP contribution >= 0.6 is 23.2 Å². The van der Waals surface area contributed by atoms with Gasteiger partial charge < -0.3 is 4.52 Å². The summed E-state index contributed by atoms with van der Waals surface area (Å²) in [7, 11) is 0. The van der Waals surface area contributed by atoms with E-state index in [1.807, 2.05) is 0 Å². The van der Waals surface area contributed by atoms with Gasteiger partial charge in [-0.15, -0.1) is 0 Å². The molecule has 21 heavy (non-hydrogen) atoms. The standard InChI is InChI=1S/C13H5Cl2F2N3O/c14-6-4-18-5-7(15)10(6)12-19-13(21-20-12)11-8(16)2-1-3-9(11)17/h1-5H. The first-order valence-corrected chi connectivity index (χ1v) is 6.41. The van der Waals surface area contributed by atoms with Crippen molar-refractivity contribution in [1.29, 1.82) is 0 Å². The summed E-state index contributed by atoms with van der Waals surface area (Å²) in [6, 6.07) is 3.42. The monoisotopic (exact) mass is 327 g/mol. The van der Waals surface area contributed by atoms with Crippen LogP contribution in [0.2, 0.25) is 10.0 Å². The van der Waals surface area contributed by atoms with Gasteiger partial charge in [0.2, 0.25) is 5.82 Å². The second-order valence-electron chi connectivity index (χ2n) is 4.00. The SMILES string of the molecule is Fc1cccc(F)c1-c1nc(-c2c(Cl)cncc2Cl)no1. The maximum Gasteiger partial charge on any atom is 0.264 e. The van der Waals surface area contributed by atoms with E-state index in [2.05, 4.69) is 15.1 Å². The lowest BCUT2D eigenvalue weighted by Crippen LogP contribution is -1.90. The third kappa shape index (κ3) is 2.48. The lowest BCUT2D eigenvalue weighted by molar-refractivity contribution is 0.426. The van der Waals surface area contributed by atoms with E-state index in [-0.39, 0.29) is 27.3 Å². The zero-order valence-corrected chi connectivity index (χ0v) is 11.7. The molecule has 3 aromatic rings. The van der Waals surface area contributed by atoms with Crippen LogP contribution in [0, 0.1) is 11.6 Å². The van der Waals surface area contributed by atoms with E-state index in [0.29, 0.717) is 0 Å². The first-order valence-electron chi connectivity index (χ1n) is 5.65. The smallest absolute Gasteiger partial charge is 0.264 e. The molecule has 8 heteroatoms. The molecule has 3 rings (SSSR count). The van der Waals surface area contributed by atoms with E-state index in [0.717, 1.165) is 12.1 Å². The average Bonchev–Trinajstić information content (AvgIpc) is 2.87. The summed E-state index contributed by atoms with van der Waals surface area (Å²) in [5.41, 5.74) is -0.127. The van der Waals surface area contributed by atoms with Crippen molar-refractivity contribution in [3.8, 4) is 22.8 Å². The Balaban J connectivity index is 2.13. The van der Waals surface area contributed by atoms with E-state index < -0.39 is 17.2 Å². The van der Waals surface area contributed by atoms with Gasteiger partial charge in [0.05, 0.1) is 15.6 Å². The van der Waals surface area contributed by atoms with Gasteiger partial charge in [-0.05, 0) is 12.1 Å². The Morgan fingerprint density at radius 1 is 0.952 bits per heavy atom. The maximum atomic E-state index is 13.7. The highest BCUT2D eigenvalue weighted by Crippen LogP contribution is 2.33. The highest BCUT2D eigenvalue weighted by Gasteiger charge is 2.21. The molecule has 0 bridgehead atoms. The van der Waals surface area contributed by atoms with Crippen molar-refractivity contribution in [3.05, 3.63) is 52.3 Å². The molecular formula is C13H5Cl2F2N3O.